The van der Waals surface area contributed by atoms with Gasteiger partial charge >= 0.3 is 6.18 Å². The lowest BCUT2D eigenvalue weighted by molar-refractivity contribution is -0.137. The summed E-state index contributed by atoms with van der Waals surface area (Å²) < 4.78 is 38.8. The van der Waals surface area contributed by atoms with E-state index in [-0.39, 0.29) is 17.9 Å². The predicted molar refractivity (Wildman–Crippen MR) is 62.3 cm³/mol. The standard InChI is InChI=1S/C12H16F3NO2/c1-8(6-17)16(2)11-4-3-9(7-18)5-10(11)12(13,14)15/h3-5,8,17-18H,6-7H2,1-2H3. The van der Waals surface area contributed by atoms with Gasteiger partial charge in [-0.25, -0.2) is 0 Å². The molecule has 1 atom stereocenters. The van der Waals surface area contributed by atoms with Crippen LogP contribution in [-0.4, -0.2) is 29.9 Å². The maximum atomic E-state index is 12.9. The highest BCUT2D eigenvalue weighted by atomic mass is 19.4. The van der Waals surface area contributed by atoms with Crippen LogP contribution in [0.2, 0.25) is 0 Å². The van der Waals surface area contributed by atoms with E-state index in [1.54, 1.807) is 6.92 Å². The van der Waals surface area contributed by atoms with E-state index in [2.05, 4.69) is 0 Å². The highest BCUT2D eigenvalue weighted by molar-refractivity contribution is 5.56. The molecule has 3 nitrogen and oxygen atoms in total. The Bertz CT molecular complexity index is 407. The van der Waals surface area contributed by atoms with Crippen molar-refractivity contribution in [3.8, 4) is 0 Å². The summed E-state index contributed by atoms with van der Waals surface area (Å²) in [6.07, 6.45) is -4.50. The molecule has 1 unspecified atom stereocenters. The van der Waals surface area contributed by atoms with Crippen LogP contribution in [0.15, 0.2) is 18.2 Å². The number of benzene rings is 1. The fourth-order valence-corrected chi connectivity index (χ4v) is 1.58. The molecule has 102 valence electrons. The molecule has 2 N–H and O–H groups in total. The molecule has 18 heavy (non-hydrogen) atoms. The van der Waals surface area contributed by atoms with Crippen molar-refractivity contribution < 1.29 is 23.4 Å². The molecule has 0 heterocycles. The predicted octanol–water partition coefficient (Wildman–Crippen LogP) is 2.01. The number of rotatable bonds is 4. The number of likely N-dealkylation sites (N-methyl/N-ethyl adjacent to an activating group) is 1. The van der Waals surface area contributed by atoms with Crippen molar-refractivity contribution in [1.29, 1.82) is 0 Å². The Balaban J connectivity index is 3.26. The molecule has 0 radical (unpaired) electrons. The first kappa shape index (κ1) is 14.8. The second-order valence-corrected chi connectivity index (χ2v) is 4.15. The molecule has 1 aromatic rings. The summed E-state index contributed by atoms with van der Waals surface area (Å²) in [6, 6.07) is 3.24. The fraction of sp³-hybridized carbons (Fsp3) is 0.500. The summed E-state index contributed by atoms with van der Waals surface area (Å²) in [7, 11) is 1.49. The molecule has 1 rings (SSSR count). The van der Waals surface area contributed by atoms with Crippen LogP contribution in [-0.2, 0) is 12.8 Å². The van der Waals surface area contributed by atoms with Gasteiger partial charge in [-0.3, -0.25) is 0 Å². The Kier molecular flexibility index (Phi) is 4.59. The zero-order chi connectivity index (χ0) is 13.9. The Labute approximate surface area is 103 Å². The van der Waals surface area contributed by atoms with Gasteiger partial charge in [0.05, 0.1) is 18.8 Å². The summed E-state index contributed by atoms with van der Waals surface area (Å²) in [5, 5.41) is 17.9. The monoisotopic (exact) mass is 263 g/mol. The molecule has 0 aromatic heterocycles. The molecular formula is C12H16F3NO2. The number of anilines is 1. The van der Waals surface area contributed by atoms with Crippen molar-refractivity contribution in [2.75, 3.05) is 18.6 Å². The molecule has 0 saturated heterocycles. The normalized spacial score (nSPS) is 13.5. The smallest absolute Gasteiger partial charge is 0.394 e. The van der Waals surface area contributed by atoms with Crippen LogP contribution < -0.4 is 4.90 Å². The number of nitrogens with zero attached hydrogens (tertiary/aromatic N) is 1. The van der Waals surface area contributed by atoms with Crippen LogP contribution in [0.5, 0.6) is 0 Å². The van der Waals surface area contributed by atoms with Crippen molar-refractivity contribution in [3.63, 3.8) is 0 Å². The van der Waals surface area contributed by atoms with Gasteiger partial charge < -0.3 is 15.1 Å². The van der Waals surface area contributed by atoms with Gasteiger partial charge in [0.1, 0.15) is 0 Å². The molecule has 1 aromatic carbocycles. The Morgan fingerprint density at radius 1 is 1.28 bits per heavy atom. The van der Waals surface area contributed by atoms with Crippen LogP contribution >= 0.6 is 0 Å². The van der Waals surface area contributed by atoms with Crippen molar-refractivity contribution in [1.82, 2.24) is 0 Å². The maximum Gasteiger partial charge on any atom is 0.418 e. The van der Waals surface area contributed by atoms with E-state index in [1.165, 1.54) is 24.1 Å². The highest BCUT2D eigenvalue weighted by Gasteiger charge is 2.35. The van der Waals surface area contributed by atoms with Crippen LogP contribution in [0, 0.1) is 0 Å². The van der Waals surface area contributed by atoms with Gasteiger partial charge in [-0.15, -0.1) is 0 Å². The van der Waals surface area contributed by atoms with E-state index >= 15 is 0 Å². The molecule has 0 aliphatic rings. The SMILES string of the molecule is CC(CO)N(C)c1ccc(CO)cc1C(F)(F)F. The summed E-state index contributed by atoms with van der Waals surface area (Å²) >= 11 is 0. The maximum absolute atomic E-state index is 12.9. The molecule has 6 heteroatoms. The van der Waals surface area contributed by atoms with E-state index in [9.17, 15) is 13.2 Å². The summed E-state index contributed by atoms with van der Waals surface area (Å²) in [5.74, 6) is 0. The number of hydrogen-bond donors (Lipinski definition) is 2. The molecule has 0 aliphatic carbocycles. The molecule has 0 saturated carbocycles. The fourth-order valence-electron chi connectivity index (χ4n) is 1.58. The van der Waals surface area contributed by atoms with Crippen LogP contribution in [0.3, 0.4) is 0 Å². The van der Waals surface area contributed by atoms with Gasteiger partial charge in [-0.05, 0) is 24.6 Å². The molecule has 0 bridgehead atoms. The van der Waals surface area contributed by atoms with Crippen LogP contribution in [0.4, 0.5) is 18.9 Å². The average Bonchev–Trinajstić information content (AvgIpc) is 2.35. The molecule has 0 amide bonds. The topological polar surface area (TPSA) is 43.7 Å². The highest BCUT2D eigenvalue weighted by Crippen LogP contribution is 2.37. The quantitative estimate of drug-likeness (QED) is 0.873. The summed E-state index contributed by atoms with van der Waals surface area (Å²) in [6.45, 7) is 0.943. The number of aliphatic hydroxyl groups is 2. The molecular weight excluding hydrogens is 247 g/mol. The minimum absolute atomic E-state index is 0.0127. The second kappa shape index (κ2) is 5.58. The van der Waals surface area contributed by atoms with Gasteiger partial charge in [0.25, 0.3) is 0 Å². The van der Waals surface area contributed by atoms with Gasteiger partial charge in [-0.2, -0.15) is 13.2 Å². The van der Waals surface area contributed by atoms with Crippen molar-refractivity contribution in [3.05, 3.63) is 29.3 Å². The summed E-state index contributed by atoms with van der Waals surface area (Å²) in [4.78, 5) is 1.37. The second-order valence-electron chi connectivity index (χ2n) is 4.15. The van der Waals surface area contributed by atoms with E-state index in [4.69, 9.17) is 10.2 Å². The number of hydrogen-bond acceptors (Lipinski definition) is 3. The van der Waals surface area contributed by atoms with Gasteiger partial charge in [0, 0.05) is 18.8 Å². The lowest BCUT2D eigenvalue weighted by Gasteiger charge is -2.28. The van der Waals surface area contributed by atoms with Crippen molar-refractivity contribution in [2.45, 2.75) is 25.7 Å². The van der Waals surface area contributed by atoms with Crippen molar-refractivity contribution >= 4 is 5.69 Å². The Morgan fingerprint density at radius 3 is 2.33 bits per heavy atom. The van der Waals surface area contributed by atoms with E-state index in [1.807, 2.05) is 0 Å². The number of alkyl halides is 3. The summed E-state index contributed by atoms with van der Waals surface area (Å²) in [5.41, 5.74) is -0.616. The number of halogens is 3. The third-order valence-electron chi connectivity index (χ3n) is 2.85. The third-order valence-corrected chi connectivity index (χ3v) is 2.85. The van der Waals surface area contributed by atoms with Crippen LogP contribution in [0.1, 0.15) is 18.1 Å². The molecule has 0 fully saturated rings. The Hall–Kier alpha value is -1.27. The van der Waals surface area contributed by atoms with Gasteiger partial charge in [0.15, 0.2) is 0 Å². The number of aliphatic hydroxyl groups excluding tert-OH is 2. The first-order valence-electron chi connectivity index (χ1n) is 5.46. The van der Waals surface area contributed by atoms with Crippen LogP contribution in [0.25, 0.3) is 0 Å². The van der Waals surface area contributed by atoms with E-state index in [0.29, 0.717) is 0 Å². The largest absolute Gasteiger partial charge is 0.418 e. The van der Waals surface area contributed by atoms with E-state index in [0.717, 1.165) is 6.07 Å². The zero-order valence-electron chi connectivity index (χ0n) is 10.2. The van der Waals surface area contributed by atoms with E-state index < -0.39 is 24.4 Å². The zero-order valence-corrected chi connectivity index (χ0v) is 10.2. The third kappa shape index (κ3) is 3.14. The van der Waals surface area contributed by atoms with Gasteiger partial charge in [-0.1, -0.05) is 6.07 Å². The Morgan fingerprint density at radius 2 is 1.89 bits per heavy atom. The minimum atomic E-state index is -4.50. The van der Waals surface area contributed by atoms with Gasteiger partial charge in [0.2, 0.25) is 0 Å². The average molecular weight is 263 g/mol. The van der Waals surface area contributed by atoms with Crippen molar-refractivity contribution in [2.24, 2.45) is 0 Å². The molecule has 0 aliphatic heterocycles. The first-order valence-corrected chi connectivity index (χ1v) is 5.46. The molecule has 0 spiro atoms. The lowest BCUT2D eigenvalue weighted by atomic mass is 10.1. The minimum Gasteiger partial charge on any atom is -0.394 e. The first-order chi connectivity index (χ1) is 8.31. The lowest BCUT2D eigenvalue weighted by Crippen LogP contribution is -2.33.